The Morgan fingerprint density at radius 2 is 2.22 bits per heavy atom. The molecule has 3 saturated heterocycles. The molecule has 104 valence electrons. The fourth-order valence-electron chi connectivity index (χ4n) is 4.37. The second-order valence-corrected chi connectivity index (χ2v) is 6.17. The number of hydrogen-bond donors (Lipinski definition) is 1. The molecule has 0 aromatic rings. The van der Waals surface area contributed by atoms with Crippen molar-refractivity contribution in [1.29, 1.82) is 0 Å². The summed E-state index contributed by atoms with van der Waals surface area (Å²) in [4.78, 5) is 5.34. The minimum absolute atomic E-state index is 0.261. The second-order valence-electron chi connectivity index (χ2n) is 6.17. The summed E-state index contributed by atoms with van der Waals surface area (Å²) >= 11 is 0. The Hall–Kier alpha value is -0.160. The highest BCUT2D eigenvalue weighted by Gasteiger charge is 2.50. The summed E-state index contributed by atoms with van der Waals surface area (Å²) in [6.07, 6.45) is 3.77. The van der Waals surface area contributed by atoms with Crippen molar-refractivity contribution in [3.63, 3.8) is 0 Å². The monoisotopic (exact) mass is 253 g/mol. The molecule has 0 aliphatic carbocycles. The van der Waals surface area contributed by atoms with E-state index in [0.717, 1.165) is 32.2 Å². The molecule has 3 fully saturated rings. The van der Waals surface area contributed by atoms with Gasteiger partial charge in [-0.15, -0.1) is 0 Å². The third-order valence-corrected chi connectivity index (χ3v) is 5.52. The first kappa shape index (κ1) is 12.9. The summed E-state index contributed by atoms with van der Waals surface area (Å²) in [5.41, 5.74) is 6.53. The first-order valence-corrected chi connectivity index (χ1v) is 7.57. The smallest absolute Gasteiger partial charge is 0.0622 e. The Morgan fingerprint density at radius 1 is 1.33 bits per heavy atom. The van der Waals surface area contributed by atoms with Crippen molar-refractivity contribution in [1.82, 2.24) is 9.80 Å². The summed E-state index contributed by atoms with van der Waals surface area (Å²) in [6.45, 7) is 9.75. The molecular weight excluding hydrogens is 226 g/mol. The number of nitrogens with two attached hydrogens (primary N) is 1. The minimum Gasteiger partial charge on any atom is -0.378 e. The molecule has 3 aliphatic heterocycles. The van der Waals surface area contributed by atoms with E-state index in [0.29, 0.717) is 6.04 Å². The lowest BCUT2D eigenvalue weighted by molar-refractivity contribution is -0.0942. The standard InChI is InChI=1S/C14H27N3O/c1-2-13-10-18-8-7-17(13)14(11-15)4-6-16-5-3-12(14)9-16/h12-13H,2-11,15H2,1H3. The fraction of sp³-hybridized carbons (Fsp3) is 1.00. The van der Waals surface area contributed by atoms with E-state index in [4.69, 9.17) is 10.5 Å². The lowest BCUT2D eigenvalue weighted by Gasteiger charge is -2.54. The molecule has 0 spiro atoms. The van der Waals surface area contributed by atoms with E-state index in [1.807, 2.05) is 0 Å². The van der Waals surface area contributed by atoms with Gasteiger partial charge < -0.3 is 15.4 Å². The number of ether oxygens (including phenoxy) is 1. The predicted octanol–water partition coefficient (Wildman–Crippen LogP) is 0.520. The van der Waals surface area contributed by atoms with Crippen molar-refractivity contribution in [3.8, 4) is 0 Å². The summed E-state index contributed by atoms with van der Waals surface area (Å²) in [6, 6.07) is 0.578. The Labute approximate surface area is 110 Å². The predicted molar refractivity (Wildman–Crippen MR) is 72.6 cm³/mol. The van der Waals surface area contributed by atoms with Gasteiger partial charge in [0, 0.05) is 31.2 Å². The topological polar surface area (TPSA) is 41.7 Å². The highest BCUT2D eigenvalue weighted by Crippen LogP contribution is 2.41. The zero-order chi connectivity index (χ0) is 12.6. The number of rotatable bonds is 3. The van der Waals surface area contributed by atoms with E-state index in [2.05, 4.69) is 16.7 Å². The minimum atomic E-state index is 0.261. The zero-order valence-electron chi connectivity index (χ0n) is 11.6. The first-order valence-electron chi connectivity index (χ1n) is 7.57. The normalized spacial score (nSPS) is 45.3. The maximum atomic E-state index is 6.27. The summed E-state index contributed by atoms with van der Waals surface area (Å²) in [5, 5.41) is 0. The van der Waals surface area contributed by atoms with Crippen LogP contribution in [-0.2, 0) is 4.74 Å². The Kier molecular flexibility index (Phi) is 3.63. The molecule has 4 heteroatoms. The van der Waals surface area contributed by atoms with Crippen LogP contribution in [0.1, 0.15) is 26.2 Å². The lowest BCUT2D eigenvalue weighted by Crippen LogP contribution is -2.67. The van der Waals surface area contributed by atoms with E-state index >= 15 is 0 Å². The third-order valence-electron chi connectivity index (χ3n) is 5.52. The van der Waals surface area contributed by atoms with Gasteiger partial charge in [0.05, 0.1) is 13.2 Å². The van der Waals surface area contributed by atoms with Gasteiger partial charge >= 0.3 is 0 Å². The number of fused-ring (bicyclic) bond motifs is 2. The summed E-state index contributed by atoms with van der Waals surface area (Å²) in [7, 11) is 0. The maximum Gasteiger partial charge on any atom is 0.0622 e. The van der Waals surface area contributed by atoms with E-state index in [9.17, 15) is 0 Å². The molecule has 4 unspecified atom stereocenters. The molecule has 0 radical (unpaired) electrons. The Morgan fingerprint density at radius 3 is 3.00 bits per heavy atom. The van der Waals surface area contributed by atoms with Crippen molar-refractivity contribution >= 4 is 0 Å². The molecule has 3 heterocycles. The van der Waals surface area contributed by atoms with Gasteiger partial charge in [0.2, 0.25) is 0 Å². The molecule has 2 bridgehead atoms. The van der Waals surface area contributed by atoms with Crippen molar-refractivity contribution in [2.75, 3.05) is 45.9 Å². The van der Waals surface area contributed by atoms with Crippen molar-refractivity contribution in [2.24, 2.45) is 11.7 Å². The van der Waals surface area contributed by atoms with Crippen molar-refractivity contribution in [2.45, 2.75) is 37.8 Å². The van der Waals surface area contributed by atoms with Crippen LogP contribution in [0, 0.1) is 5.92 Å². The quantitative estimate of drug-likeness (QED) is 0.796. The molecule has 0 aromatic carbocycles. The van der Waals surface area contributed by atoms with Gasteiger partial charge in [-0.1, -0.05) is 6.92 Å². The molecule has 0 saturated carbocycles. The average Bonchev–Trinajstić information content (AvgIpc) is 2.84. The molecule has 4 nitrogen and oxygen atoms in total. The Balaban J connectivity index is 1.85. The number of hydrogen-bond acceptors (Lipinski definition) is 4. The van der Waals surface area contributed by atoms with Gasteiger partial charge in [-0.3, -0.25) is 4.90 Å². The number of piperidine rings is 1. The van der Waals surface area contributed by atoms with Crippen molar-refractivity contribution in [3.05, 3.63) is 0 Å². The second kappa shape index (κ2) is 5.08. The molecule has 3 rings (SSSR count). The molecule has 0 aromatic heterocycles. The highest BCUT2D eigenvalue weighted by molar-refractivity contribution is 5.07. The first-order chi connectivity index (χ1) is 8.80. The SMILES string of the molecule is CCC1COCCN1C1(CN)CCN2CCC1C2. The van der Waals surface area contributed by atoms with Crippen LogP contribution in [0.4, 0.5) is 0 Å². The average molecular weight is 253 g/mol. The lowest BCUT2D eigenvalue weighted by atomic mass is 9.76. The zero-order valence-corrected chi connectivity index (χ0v) is 11.6. The van der Waals surface area contributed by atoms with Crippen LogP contribution in [0.5, 0.6) is 0 Å². The largest absolute Gasteiger partial charge is 0.378 e. The molecule has 18 heavy (non-hydrogen) atoms. The van der Waals surface area contributed by atoms with Gasteiger partial charge in [0.25, 0.3) is 0 Å². The van der Waals surface area contributed by atoms with Crippen LogP contribution in [0.15, 0.2) is 0 Å². The van der Waals surface area contributed by atoms with Gasteiger partial charge in [0.15, 0.2) is 0 Å². The molecule has 3 aliphatic rings. The van der Waals surface area contributed by atoms with Crippen molar-refractivity contribution < 1.29 is 4.74 Å². The summed E-state index contributed by atoms with van der Waals surface area (Å²) in [5.74, 6) is 0.781. The van der Waals surface area contributed by atoms with Crippen LogP contribution in [0.3, 0.4) is 0 Å². The molecular formula is C14H27N3O. The Bertz CT molecular complexity index is 299. The fourth-order valence-corrected chi connectivity index (χ4v) is 4.37. The van der Waals surface area contributed by atoms with Gasteiger partial charge in [-0.2, -0.15) is 0 Å². The van der Waals surface area contributed by atoms with Gasteiger partial charge in [-0.25, -0.2) is 0 Å². The summed E-state index contributed by atoms with van der Waals surface area (Å²) < 4.78 is 5.67. The van der Waals surface area contributed by atoms with E-state index in [1.54, 1.807) is 0 Å². The van der Waals surface area contributed by atoms with Crippen LogP contribution in [0.25, 0.3) is 0 Å². The van der Waals surface area contributed by atoms with E-state index in [-0.39, 0.29) is 5.54 Å². The molecule has 2 N–H and O–H groups in total. The maximum absolute atomic E-state index is 6.27. The third kappa shape index (κ3) is 1.90. The van der Waals surface area contributed by atoms with Crippen LogP contribution < -0.4 is 5.73 Å². The number of nitrogens with zero attached hydrogens (tertiary/aromatic N) is 2. The van der Waals surface area contributed by atoms with E-state index < -0.39 is 0 Å². The highest BCUT2D eigenvalue weighted by atomic mass is 16.5. The van der Waals surface area contributed by atoms with Crippen LogP contribution >= 0.6 is 0 Å². The molecule has 0 amide bonds. The van der Waals surface area contributed by atoms with Gasteiger partial charge in [0.1, 0.15) is 0 Å². The molecule has 4 atom stereocenters. The van der Waals surface area contributed by atoms with E-state index in [1.165, 1.54) is 38.9 Å². The van der Waals surface area contributed by atoms with Gasteiger partial charge in [-0.05, 0) is 38.3 Å². The number of morpholine rings is 1. The van der Waals surface area contributed by atoms with Crippen LogP contribution in [-0.4, -0.2) is 67.3 Å². The van der Waals surface area contributed by atoms with Crippen LogP contribution in [0.2, 0.25) is 0 Å².